The summed E-state index contributed by atoms with van der Waals surface area (Å²) in [5, 5.41) is 5.34. The molecule has 1 aromatic carbocycles. The van der Waals surface area contributed by atoms with Crippen LogP contribution in [0.3, 0.4) is 0 Å². The predicted octanol–water partition coefficient (Wildman–Crippen LogP) is 3.28. The zero-order chi connectivity index (χ0) is 17.7. The molecule has 0 aromatic heterocycles. The Labute approximate surface area is 139 Å². The van der Waals surface area contributed by atoms with Crippen LogP contribution in [-0.4, -0.2) is 43.7 Å². The smallest absolute Gasteiger partial charge is 0.387 e. The van der Waals surface area contributed by atoms with Gasteiger partial charge >= 0.3 is 12.6 Å². The summed E-state index contributed by atoms with van der Waals surface area (Å²) in [6.45, 7) is 0.831. The predicted molar refractivity (Wildman–Crippen MR) is 84.9 cm³/mol. The maximum Gasteiger partial charge on any atom is 0.387 e. The van der Waals surface area contributed by atoms with Crippen molar-refractivity contribution in [2.45, 2.75) is 32.4 Å². The number of alkyl halides is 2. The fourth-order valence-electron chi connectivity index (χ4n) is 2.79. The van der Waals surface area contributed by atoms with E-state index in [1.54, 1.807) is 0 Å². The zero-order valence-electron chi connectivity index (χ0n) is 13.7. The fraction of sp³-hybridized carbons (Fsp3) is 0.562. The molecule has 2 amide bonds. The fourth-order valence-corrected chi connectivity index (χ4v) is 2.79. The number of nitrogens with one attached hydrogen (secondary N) is 2. The number of piperidine rings is 1. The number of nitrogens with zero attached hydrogens (tertiary/aromatic N) is 1. The van der Waals surface area contributed by atoms with Gasteiger partial charge in [-0.1, -0.05) is 0 Å². The Hall–Kier alpha value is -1.96. The van der Waals surface area contributed by atoms with Gasteiger partial charge in [0.05, 0.1) is 0 Å². The van der Waals surface area contributed by atoms with E-state index in [4.69, 9.17) is 0 Å². The van der Waals surface area contributed by atoms with Crippen LogP contribution in [0.15, 0.2) is 18.2 Å². The molecular formula is C16H22F3N3O2. The third-order valence-electron chi connectivity index (χ3n) is 4.23. The Bertz CT molecular complexity index is 563. The van der Waals surface area contributed by atoms with Gasteiger partial charge in [-0.25, -0.2) is 9.18 Å². The molecule has 1 fully saturated rings. The molecule has 8 heteroatoms. The van der Waals surface area contributed by atoms with Crippen LogP contribution in [0.2, 0.25) is 0 Å². The van der Waals surface area contributed by atoms with Gasteiger partial charge in [0.25, 0.3) is 0 Å². The molecule has 1 heterocycles. The summed E-state index contributed by atoms with van der Waals surface area (Å²) < 4.78 is 41.8. The molecule has 1 aliphatic heterocycles. The largest absolute Gasteiger partial charge is 0.432 e. The number of ether oxygens (including phenoxy) is 1. The van der Waals surface area contributed by atoms with Gasteiger partial charge in [0, 0.05) is 17.8 Å². The molecule has 2 rings (SSSR count). The van der Waals surface area contributed by atoms with E-state index in [1.807, 2.05) is 6.92 Å². The maximum absolute atomic E-state index is 13.6. The Morgan fingerprint density at radius 2 is 2.00 bits per heavy atom. The van der Waals surface area contributed by atoms with Crippen LogP contribution in [0.25, 0.3) is 0 Å². The standard InChI is InChI=1S/C16H22F3N3O2/c1-10(11-5-7-22(2)8-6-11)20-16(23)21-12-3-4-14(13(17)9-12)24-15(18)19/h3-4,9-11,15H,5-8H2,1-2H3,(H2,20,21,23)/t10-/m0/s1. The van der Waals surface area contributed by atoms with Crippen LogP contribution in [-0.2, 0) is 0 Å². The molecule has 1 atom stereocenters. The highest BCUT2D eigenvalue weighted by Crippen LogP contribution is 2.23. The first-order valence-electron chi connectivity index (χ1n) is 7.85. The summed E-state index contributed by atoms with van der Waals surface area (Å²) in [4.78, 5) is 14.2. The molecule has 0 unspecified atom stereocenters. The number of amides is 2. The minimum absolute atomic E-state index is 0.00927. The van der Waals surface area contributed by atoms with E-state index in [0.717, 1.165) is 38.1 Å². The molecule has 0 bridgehead atoms. The molecule has 134 valence electrons. The average molecular weight is 345 g/mol. The summed E-state index contributed by atoms with van der Waals surface area (Å²) in [5.41, 5.74) is 0.169. The summed E-state index contributed by atoms with van der Waals surface area (Å²) >= 11 is 0. The summed E-state index contributed by atoms with van der Waals surface area (Å²) in [6, 6.07) is 2.84. The second kappa shape index (κ2) is 8.23. The SMILES string of the molecule is C[C@H](NC(=O)Nc1ccc(OC(F)F)c(F)c1)C1CCN(C)CC1. The van der Waals surface area contributed by atoms with Crippen LogP contribution >= 0.6 is 0 Å². The monoisotopic (exact) mass is 345 g/mol. The van der Waals surface area contributed by atoms with Crippen molar-refractivity contribution >= 4 is 11.7 Å². The van der Waals surface area contributed by atoms with Gasteiger partial charge in [0.15, 0.2) is 11.6 Å². The van der Waals surface area contributed by atoms with Crippen molar-refractivity contribution in [2.24, 2.45) is 5.92 Å². The molecule has 0 radical (unpaired) electrons. The van der Waals surface area contributed by atoms with Crippen LogP contribution in [0.5, 0.6) is 5.75 Å². The van der Waals surface area contributed by atoms with E-state index >= 15 is 0 Å². The van der Waals surface area contributed by atoms with Crippen molar-refractivity contribution in [3.63, 3.8) is 0 Å². The third-order valence-corrected chi connectivity index (χ3v) is 4.23. The number of urea groups is 1. The van der Waals surface area contributed by atoms with E-state index in [9.17, 15) is 18.0 Å². The number of anilines is 1. The number of halogens is 3. The van der Waals surface area contributed by atoms with E-state index in [2.05, 4.69) is 27.3 Å². The zero-order valence-corrected chi connectivity index (χ0v) is 13.7. The van der Waals surface area contributed by atoms with Crippen molar-refractivity contribution < 1.29 is 22.7 Å². The number of rotatable bonds is 5. The van der Waals surface area contributed by atoms with E-state index in [-0.39, 0.29) is 11.7 Å². The maximum atomic E-state index is 13.6. The lowest BCUT2D eigenvalue weighted by molar-refractivity contribution is -0.0521. The second-order valence-electron chi connectivity index (χ2n) is 6.05. The molecule has 2 N–H and O–H groups in total. The Morgan fingerprint density at radius 3 is 2.58 bits per heavy atom. The molecular weight excluding hydrogens is 323 g/mol. The molecule has 1 aliphatic rings. The summed E-state index contributed by atoms with van der Waals surface area (Å²) in [7, 11) is 2.07. The van der Waals surface area contributed by atoms with Gasteiger partial charge in [0.1, 0.15) is 0 Å². The number of hydrogen-bond acceptors (Lipinski definition) is 3. The topological polar surface area (TPSA) is 53.6 Å². The third kappa shape index (κ3) is 5.30. The number of benzene rings is 1. The quantitative estimate of drug-likeness (QED) is 0.861. The summed E-state index contributed by atoms with van der Waals surface area (Å²) in [6.07, 6.45) is 2.01. The van der Waals surface area contributed by atoms with Crippen molar-refractivity contribution in [2.75, 3.05) is 25.5 Å². The normalized spacial score (nSPS) is 17.6. The first kappa shape index (κ1) is 18.4. The van der Waals surface area contributed by atoms with Gasteiger partial charge in [-0.15, -0.1) is 0 Å². The minimum Gasteiger partial charge on any atom is -0.432 e. The number of carbonyl (C=O) groups is 1. The molecule has 1 aromatic rings. The van der Waals surface area contributed by atoms with Crippen molar-refractivity contribution in [1.82, 2.24) is 10.2 Å². The van der Waals surface area contributed by atoms with E-state index in [1.165, 1.54) is 6.07 Å². The highest BCUT2D eigenvalue weighted by Gasteiger charge is 2.23. The molecule has 5 nitrogen and oxygen atoms in total. The van der Waals surface area contributed by atoms with Gasteiger partial charge in [0.2, 0.25) is 0 Å². The molecule has 0 aliphatic carbocycles. The Balaban J connectivity index is 1.86. The van der Waals surface area contributed by atoms with Gasteiger partial charge in [-0.2, -0.15) is 8.78 Å². The highest BCUT2D eigenvalue weighted by atomic mass is 19.3. The lowest BCUT2D eigenvalue weighted by Crippen LogP contribution is -2.44. The van der Waals surface area contributed by atoms with E-state index in [0.29, 0.717) is 5.92 Å². The molecule has 0 spiro atoms. The van der Waals surface area contributed by atoms with Gasteiger partial charge < -0.3 is 20.3 Å². The van der Waals surface area contributed by atoms with Crippen LogP contribution < -0.4 is 15.4 Å². The average Bonchev–Trinajstić information content (AvgIpc) is 2.50. The number of likely N-dealkylation sites (tertiary alicyclic amines) is 1. The Kier molecular flexibility index (Phi) is 6.30. The first-order chi connectivity index (χ1) is 11.3. The number of hydrogen-bond donors (Lipinski definition) is 2. The molecule has 24 heavy (non-hydrogen) atoms. The number of carbonyl (C=O) groups excluding carboxylic acids is 1. The van der Waals surface area contributed by atoms with E-state index < -0.39 is 24.2 Å². The lowest BCUT2D eigenvalue weighted by Gasteiger charge is -2.33. The van der Waals surface area contributed by atoms with Crippen LogP contribution in [0, 0.1) is 11.7 Å². The van der Waals surface area contributed by atoms with Gasteiger partial charge in [-0.05, 0) is 58.0 Å². The minimum atomic E-state index is -3.10. The van der Waals surface area contributed by atoms with Crippen LogP contribution in [0.4, 0.5) is 23.7 Å². The van der Waals surface area contributed by atoms with Crippen molar-refractivity contribution in [3.8, 4) is 5.75 Å². The van der Waals surface area contributed by atoms with Gasteiger partial charge in [-0.3, -0.25) is 0 Å². The van der Waals surface area contributed by atoms with Crippen LogP contribution in [0.1, 0.15) is 19.8 Å². The van der Waals surface area contributed by atoms with Crippen molar-refractivity contribution in [1.29, 1.82) is 0 Å². The first-order valence-corrected chi connectivity index (χ1v) is 7.85. The molecule has 0 saturated carbocycles. The Morgan fingerprint density at radius 1 is 1.33 bits per heavy atom. The lowest BCUT2D eigenvalue weighted by atomic mass is 9.91. The van der Waals surface area contributed by atoms with Crippen molar-refractivity contribution in [3.05, 3.63) is 24.0 Å². The summed E-state index contributed by atoms with van der Waals surface area (Å²) in [5.74, 6) is -1.13. The molecule has 1 saturated heterocycles. The second-order valence-corrected chi connectivity index (χ2v) is 6.05. The highest BCUT2D eigenvalue weighted by molar-refractivity contribution is 5.89.